The quantitative estimate of drug-likeness (QED) is 0.0803. The molecule has 0 spiro atoms. The molecule has 0 rings (SSSR count). The third kappa shape index (κ3) is 7.01. The lowest BCUT2D eigenvalue weighted by Gasteiger charge is -2.42. The van der Waals surface area contributed by atoms with E-state index in [4.69, 9.17) is 4.55 Å². The predicted octanol–water partition coefficient (Wildman–Crippen LogP) is 6.84. The Kier molecular flexibility index (Phi) is 11.7. The summed E-state index contributed by atoms with van der Waals surface area (Å²) in [7, 11) is -5.80. The molecule has 0 aromatic carbocycles. The molecule has 6 nitrogen and oxygen atoms in total. The molecule has 40 heavy (non-hydrogen) atoms. The van der Waals surface area contributed by atoms with Crippen molar-refractivity contribution in [2.75, 3.05) is 0 Å². The first kappa shape index (κ1) is 38.3. The highest BCUT2D eigenvalue weighted by atomic mass is 32.3. The van der Waals surface area contributed by atoms with E-state index in [9.17, 15) is 79.1 Å². The van der Waals surface area contributed by atoms with E-state index in [2.05, 4.69) is 8.92 Å². The number of ether oxygens (including phenoxy) is 1. The topological polar surface area (TPSA) is 89.9 Å². The third-order valence-corrected chi connectivity index (χ3v) is 5.64. The molecule has 0 aliphatic heterocycles. The fourth-order valence-corrected chi connectivity index (χ4v) is 3.27. The van der Waals surface area contributed by atoms with Crippen molar-refractivity contribution in [1.82, 2.24) is 0 Å². The van der Waals surface area contributed by atoms with Crippen LogP contribution in [0.15, 0.2) is 0 Å². The van der Waals surface area contributed by atoms with Gasteiger partial charge in [-0.1, -0.05) is 39.5 Å². The molecule has 0 heterocycles. The third-order valence-electron chi connectivity index (χ3n) is 5.16. The van der Waals surface area contributed by atoms with Crippen molar-refractivity contribution >= 4 is 16.4 Å². The second-order valence-electron chi connectivity index (χ2n) is 8.17. The standard InChI is InChI=1S/C18H21F15O6S/c1-3-5-6-7-8-9(39-40(35,36)37)11(34)38-18(32,33)17(30,31)16(28,29)15(26,27)14(24,25)13(22,23)12(20,21)10(19)4-2/h9-10H,3-8H2,1-2H3,(H,35,36,37). The maximum Gasteiger partial charge on any atom is 0.473 e. The van der Waals surface area contributed by atoms with Gasteiger partial charge in [-0.15, -0.1) is 0 Å². The van der Waals surface area contributed by atoms with Crippen LogP contribution in [0.3, 0.4) is 0 Å². The zero-order valence-electron chi connectivity index (χ0n) is 20.0. The van der Waals surface area contributed by atoms with Gasteiger partial charge >= 0.3 is 58.0 Å². The number of hydrogen-bond acceptors (Lipinski definition) is 5. The van der Waals surface area contributed by atoms with Gasteiger partial charge < -0.3 is 4.74 Å². The Morgan fingerprint density at radius 2 is 1.15 bits per heavy atom. The first-order valence-electron chi connectivity index (χ1n) is 10.7. The highest BCUT2D eigenvalue weighted by Gasteiger charge is 2.94. The molecule has 0 bridgehead atoms. The number of alkyl halides is 15. The van der Waals surface area contributed by atoms with Gasteiger partial charge in [0.15, 0.2) is 12.3 Å². The monoisotopic (exact) mass is 650 g/mol. The average Bonchev–Trinajstić information content (AvgIpc) is 2.78. The Balaban J connectivity index is 6.50. The highest BCUT2D eigenvalue weighted by Crippen LogP contribution is 2.63. The molecule has 2 atom stereocenters. The van der Waals surface area contributed by atoms with Crippen molar-refractivity contribution in [1.29, 1.82) is 0 Å². The van der Waals surface area contributed by atoms with Gasteiger partial charge in [0.2, 0.25) is 0 Å². The van der Waals surface area contributed by atoms with E-state index in [1.165, 1.54) is 0 Å². The van der Waals surface area contributed by atoms with Crippen LogP contribution in [0.4, 0.5) is 65.9 Å². The second kappa shape index (κ2) is 12.3. The molecular weight excluding hydrogens is 629 g/mol. The van der Waals surface area contributed by atoms with Gasteiger partial charge in [0.1, 0.15) is 0 Å². The molecule has 0 aromatic heterocycles. The zero-order valence-corrected chi connectivity index (χ0v) is 20.8. The van der Waals surface area contributed by atoms with Gasteiger partial charge in [-0.3, -0.25) is 4.55 Å². The summed E-state index contributed by atoms with van der Waals surface area (Å²) in [6.45, 7) is 1.87. The summed E-state index contributed by atoms with van der Waals surface area (Å²) in [5.41, 5.74) is 0. The van der Waals surface area contributed by atoms with Crippen LogP contribution in [0, 0.1) is 0 Å². The Hall–Kier alpha value is -1.71. The number of halogens is 15. The predicted molar refractivity (Wildman–Crippen MR) is 101 cm³/mol. The highest BCUT2D eigenvalue weighted by molar-refractivity contribution is 7.80. The Morgan fingerprint density at radius 1 is 0.725 bits per heavy atom. The van der Waals surface area contributed by atoms with Crippen LogP contribution in [0.1, 0.15) is 52.4 Å². The Bertz CT molecular complexity index is 971. The summed E-state index contributed by atoms with van der Waals surface area (Å²) in [5.74, 6) is -51.4. The summed E-state index contributed by atoms with van der Waals surface area (Å²) in [5, 5.41) is 0. The largest absolute Gasteiger partial charge is 0.473 e. The minimum absolute atomic E-state index is 0.0393. The van der Waals surface area contributed by atoms with Gasteiger partial charge in [0.05, 0.1) is 0 Å². The number of carbonyl (C=O) groups is 1. The lowest BCUT2D eigenvalue weighted by molar-refractivity contribution is -0.463. The number of carbonyl (C=O) groups excluding carboxylic acids is 1. The molecule has 0 saturated heterocycles. The van der Waals surface area contributed by atoms with Crippen LogP contribution in [0.2, 0.25) is 0 Å². The fourth-order valence-electron chi connectivity index (χ4n) is 2.80. The van der Waals surface area contributed by atoms with Crippen molar-refractivity contribution in [3.63, 3.8) is 0 Å². The van der Waals surface area contributed by atoms with Crippen LogP contribution in [0.5, 0.6) is 0 Å². The molecule has 22 heteroatoms. The summed E-state index contributed by atoms with van der Waals surface area (Å²) in [4.78, 5) is 11.7. The number of esters is 1. The second-order valence-corrected chi connectivity index (χ2v) is 9.22. The van der Waals surface area contributed by atoms with Crippen molar-refractivity contribution in [2.45, 2.75) is 106 Å². The lowest BCUT2D eigenvalue weighted by Crippen LogP contribution is -2.74. The summed E-state index contributed by atoms with van der Waals surface area (Å²) >= 11 is 0. The molecule has 0 aromatic rings. The van der Waals surface area contributed by atoms with Gasteiger partial charge in [0, 0.05) is 0 Å². The van der Waals surface area contributed by atoms with Crippen molar-refractivity contribution in [3.8, 4) is 0 Å². The van der Waals surface area contributed by atoms with Gasteiger partial charge in [-0.05, 0) is 12.8 Å². The smallest absolute Gasteiger partial charge is 0.394 e. The number of hydrogen-bond donors (Lipinski definition) is 1. The minimum Gasteiger partial charge on any atom is -0.394 e. The van der Waals surface area contributed by atoms with Crippen molar-refractivity contribution < 1.29 is 92.5 Å². The number of rotatable bonds is 17. The van der Waals surface area contributed by atoms with E-state index in [0.717, 1.165) is 0 Å². The fraction of sp³-hybridized carbons (Fsp3) is 0.944. The summed E-state index contributed by atoms with van der Waals surface area (Å²) < 4.78 is 242. The van der Waals surface area contributed by atoms with Crippen LogP contribution in [-0.4, -0.2) is 72.9 Å². The zero-order chi connectivity index (χ0) is 32.4. The summed E-state index contributed by atoms with van der Waals surface area (Å²) in [6.07, 6.45) is -17.4. The maximum absolute atomic E-state index is 13.9. The molecule has 0 aliphatic carbocycles. The molecule has 0 radical (unpaired) electrons. The lowest BCUT2D eigenvalue weighted by atomic mass is 9.89. The van der Waals surface area contributed by atoms with Gasteiger partial charge in [0.25, 0.3) is 0 Å². The molecule has 2 unspecified atom stereocenters. The molecular formula is C18H21F15O6S. The first-order chi connectivity index (χ1) is 17.5. The molecule has 0 amide bonds. The molecule has 0 aliphatic rings. The van der Waals surface area contributed by atoms with Gasteiger partial charge in [-0.2, -0.15) is 69.9 Å². The first-order valence-corrected chi connectivity index (χ1v) is 12.1. The normalized spacial score (nSPS) is 16.6. The van der Waals surface area contributed by atoms with Crippen LogP contribution < -0.4 is 0 Å². The van der Waals surface area contributed by atoms with Crippen molar-refractivity contribution in [3.05, 3.63) is 0 Å². The Labute approximate surface area is 216 Å². The molecule has 240 valence electrons. The minimum atomic E-state index is -8.54. The average molecular weight is 650 g/mol. The van der Waals surface area contributed by atoms with Crippen LogP contribution in [0.25, 0.3) is 0 Å². The maximum atomic E-state index is 13.9. The van der Waals surface area contributed by atoms with E-state index in [1.807, 2.05) is 0 Å². The van der Waals surface area contributed by atoms with E-state index in [1.54, 1.807) is 6.92 Å². The Morgan fingerprint density at radius 3 is 1.55 bits per heavy atom. The van der Waals surface area contributed by atoms with E-state index in [0.29, 0.717) is 12.8 Å². The van der Waals surface area contributed by atoms with Crippen molar-refractivity contribution in [2.24, 2.45) is 0 Å². The SMILES string of the molecule is CCCCCCC(OS(=O)(=O)O)C(=O)OC(F)(F)C(F)(F)C(F)(F)C(F)(F)C(F)(F)C(F)(F)C(F)(F)C(F)CC. The van der Waals surface area contributed by atoms with Crippen LogP contribution in [-0.2, 0) is 24.1 Å². The molecule has 0 fully saturated rings. The van der Waals surface area contributed by atoms with Gasteiger partial charge in [-0.25, -0.2) is 13.4 Å². The molecule has 0 saturated carbocycles. The van der Waals surface area contributed by atoms with E-state index < -0.39 is 83.1 Å². The summed E-state index contributed by atoms with van der Waals surface area (Å²) in [6, 6.07) is 0. The van der Waals surface area contributed by atoms with E-state index in [-0.39, 0.29) is 19.8 Å². The van der Waals surface area contributed by atoms with Crippen LogP contribution >= 0.6 is 0 Å². The number of unbranched alkanes of at least 4 members (excludes halogenated alkanes) is 3. The van der Waals surface area contributed by atoms with E-state index >= 15 is 0 Å². The molecule has 1 N–H and O–H groups in total.